The number of hydrogen-bond acceptors (Lipinski definition) is 6. The summed E-state index contributed by atoms with van der Waals surface area (Å²) in [5.41, 5.74) is 3.56. The number of carbonyl (C=O) groups is 1. The highest BCUT2D eigenvalue weighted by atomic mass is 16.5. The number of piperazine rings is 1. The van der Waals surface area contributed by atoms with Gasteiger partial charge in [0.1, 0.15) is 12.1 Å². The third-order valence-corrected chi connectivity index (χ3v) is 5.03. The van der Waals surface area contributed by atoms with Crippen LogP contribution in [0.5, 0.6) is 5.75 Å². The van der Waals surface area contributed by atoms with Crippen molar-refractivity contribution in [3.63, 3.8) is 0 Å². The van der Waals surface area contributed by atoms with Crippen LogP contribution in [0.3, 0.4) is 0 Å². The molecule has 1 aromatic heterocycles. The maximum absolute atomic E-state index is 13.0. The van der Waals surface area contributed by atoms with Gasteiger partial charge in [-0.05, 0) is 53.2 Å². The number of aryl methyl sites for hydroxylation is 1. The van der Waals surface area contributed by atoms with Gasteiger partial charge < -0.3 is 14.5 Å². The molecule has 0 saturated carbocycles. The molecular weight excluding hydrogens is 356 g/mol. The summed E-state index contributed by atoms with van der Waals surface area (Å²) >= 11 is 0. The quantitative estimate of drug-likeness (QED) is 0.691. The molecule has 8 nitrogen and oxygen atoms in total. The van der Waals surface area contributed by atoms with Gasteiger partial charge in [-0.25, -0.2) is 4.68 Å². The normalized spacial score (nSPS) is 14.2. The molecule has 1 fully saturated rings. The molecule has 8 heteroatoms. The van der Waals surface area contributed by atoms with Gasteiger partial charge in [-0.2, -0.15) is 0 Å². The van der Waals surface area contributed by atoms with Gasteiger partial charge in [0.2, 0.25) is 0 Å². The molecule has 1 aliphatic heterocycles. The highest BCUT2D eigenvalue weighted by Crippen LogP contribution is 2.28. The van der Waals surface area contributed by atoms with Crippen LogP contribution >= 0.6 is 0 Å². The molecular formula is C20H22N6O2. The number of anilines is 1. The number of rotatable bonds is 4. The summed E-state index contributed by atoms with van der Waals surface area (Å²) in [4.78, 5) is 17.1. The fraction of sp³-hybridized carbons (Fsp3) is 0.300. The molecule has 1 amide bonds. The summed E-state index contributed by atoms with van der Waals surface area (Å²) in [5, 5.41) is 11.2. The van der Waals surface area contributed by atoms with Crippen LogP contribution in [0.4, 0.5) is 5.69 Å². The van der Waals surface area contributed by atoms with Gasteiger partial charge in [-0.15, -0.1) is 5.10 Å². The Kier molecular flexibility index (Phi) is 4.92. The maximum atomic E-state index is 13.0. The second-order valence-corrected chi connectivity index (χ2v) is 6.71. The Hall–Kier alpha value is -3.42. The topological polar surface area (TPSA) is 76.4 Å². The molecule has 144 valence electrons. The van der Waals surface area contributed by atoms with Gasteiger partial charge in [0.05, 0.1) is 18.5 Å². The molecule has 0 N–H and O–H groups in total. The fourth-order valence-corrected chi connectivity index (χ4v) is 3.54. The predicted octanol–water partition coefficient (Wildman–Crippen LogP) is 1.94. The van der Waals surface area contributed by atoms with Crippen molar-refractivity contribution in [3.05, 3.63) is 59.9 Å². The van der Waals surface area contributed by atoms with E-state index in [2.05, 4.69) is 26.5 Å². The molecule has 0 unspecified atom stereocenters. The molecule has 4 rings (SSSR count). The Morgan fingerprint density at radius 2 is 1.82 bits per heavy atom. The minimum absolute atomic E-state index is 0.0473. The second-order valence-electron chi connectivity index (χ2n) is 6.71. The van der Waals surface area contributed by atoms with Crippen LogP contribution in [-0.4, -0.2) is 64.3 Å². The van der Waals surface area contributed by atoms with E-state index in [1.165, 1.54) is 0 Å². The summed E-state index contributed by atoms with van der Waals surface area (Å²) in [6.07, 6.45) is 1.54. The number of ether oxygens (including phenoxy) is 1. The second kappa shape index (κ2) is 7.67. The maximum Gasteiger partial charge on any atom is 0.253 e. The molecule has 2 heterocycles. The van der Waals surface area contributed by atoms with Crippen LogP contribution < -0.4 is 9.64 Å². The fourth-order valence-electron chi connectivity index (χ4n) is 3.54. The predicted molar refractivity (Wildman–Crippen MR) is 105 cm³/mol. The van der Waals surface area contributed by atoms with Crippen molar-refractivity contribution in [2.24, 2.45) is 0 Å². The first kappa shape index (κ1) is 18.0. The van der Waals surface area contributed by atoms with Crippen molar-refractivity contribution in [3.8, 4) is 11.4 Å². The van der Waals surface area contributed by atoms with E-state index in [-0.39, 0.29) is 5.91 Å². The van der Waals surface area contributed by atoms with E-state index in [1.807, 2.05) is 48.2 Å². The number of carbonyl (C=O) groups excluding carboxylic acids is 1. The summed E-state index contributed by atoms with van der Waals surface area (Å²) in [6.45, 7) is 4.84. The molecule has 0 spiro atoms. The van der Waals surface area contributed by atoms with Gasteiger partial charge in [0, 0.05) is 31.7 Å². The minimum Gasteiger partial charge on any atom is -0.495 e. The summed E-state index contributed by atoms with van der Waals surface area (Å²) < 4.78 is 7.05. The minimum atomic E-state index is 0.0473. The van der Waals surface area contributed by atoms with E-state index in [4.69, 9.17) is 4.74 Å². The number of tetrazole rings is 1. The number of hydrogen-bond donors (Lipinski definition) is 0. The Morgan fingerprint density at radius 3 is 2.50 bits per heavy atom. The Bertz CT molecular complexity index is 965. The van der Waals surface area contributed by atoms with Crippen molar-refractivity contribution in [1.82, 2.24) is 25.1 Å². The van der Waals surface area contributed by atoms with Crippen LogP contribution in [-0.2, 0) is 0 Å². The van der Waals surface area contributed by atoms with E-state index < -0.39 is 0 Å². The molecule has 3 aromatic rings. The highest BCUT2D eigenvalue weighted by Gasteiger charge is 2.24. The van der Waals surface area contributed by atoms with Gasteiger partial charge in [0.25, 0.3) is 5.91 Å². The molecule has 2 aromatic carbocycles. The zero-order valence-corrected chi connectivity index (χ0v) is 15.9. The standard InChI is InChI=1S/C20H22N6O2/c1-15-13-16(7-8-17(15)26-14-21-22-23-26)20(27)25-11-9-24(10-12-25)18-5-3-4-6-19(18)28-2/h3-8,13-14H,9-12H2,1-2H3. The SMILES string of the molecule is COc1ccccc1N1CCN(C(=O)c2ccc(-n3cnnn3)c(C)c2)CC1. The first-order chi connectivity index (χ1) is 13.7. The van der Waals surface area contributed by atoms with Crippen LogP contribution in [0.1, 0.15) is 15.9 Å². The van der Waals surface area contributed by atoms with E-state index in [9.17, 15) is 4.79 Å². The molecule has 0 radical (unpaired) electrons. The number of benzene rings is 2. The van der Waals surface area contributed by atoms with Crippen LogP contribution in [0, 0.1) is 6.92 Å². The van der Waals surface area contributed by atoms with Crippen LogP contribution in [0.15, 0.2) is 48.8 Å². The van der Waals surface area contributed by atoms with E-state index >= 15 is 0 Å². The first-order valence-electron chi connectivity index (χ1n) is 9.18. The Morgan fingerprint density at radius 1 is 1.04 bits per heavy atom. The average molecular weight is 378 g/mol. The van der Waals surface area contributed by atoms with Gasteiger partial charge in [-0.3, -0.25) is 4.79 Å². The number of aromatic nitrogens is 4. The van der Waals surface area contributed by atoms with E-state index in [0.717, 1.165) is 35.8 Å². The van der Waals surface area contributed by atoms with Gasteiger partial charge >= 0.3 is 0 Å². The molecule has 0 atom stereocenters. The lowest BCUT2D eigenvalue weighted by Gasteiger charge is -2.36. The van der Waals surface area contributed by atoms with Crippen molar-refractivity contribution >= 4 is 11.6 Å². The number of methoxy groups -OCH3 is 1. The molecule has 28 heavy (non-hydrogen) atoms. The summed E-state index contributed by atoms with van der Waals surface area (Å²) in [5.74, 6) is 0.905. The zero-order valence-electron chi connectivity index (χ0n) is 15.9. The summed E-state index contributed by atoms with van der Waals surface area (Å²) in [6, 6.07) is 13.6. The van der Waals surface area contributed by atoms with E-state index in [1.54, 1.807) is 18.1 Å². The monoisotopic (exact) mass is 378 g/mol. The Balaban J connectivity index is 1.45. The van der Waals surface area contributed by atoms with Gasteiger partial charge in [-0.1, -0.05) is 12.1 Å². The molecule has 0 bridgehead atoms. The smallest absolute Gasteiger partial charge is 0.253 e. The third-order valence-electron chi connectivity index (χ3n) is 5.03. The molecule has 1 aliphatic rings. The molecule has 0 aliphatic carbocycles. The van der Waals surface area contributed by atoms with Crippen molar-refractivity contribution in [2.75, 3.05) is 38.2 Å². The number of nitrogens with zero attached hydrogens (tertiary/aromatic N) is 6. The summed E-state index contributed by atoms with van der Waals surface area (Å²) in [7, 11) is 1.68. The van der Waals surface area contributed by atoms with Crippen molar-refractivity contribution in [1.29, 1.82) is 0 Å². The molecule has 1 saturated heterocycles. The van der Waals surface area contributed by atoms with Crippen molar-refractivity contribution < 1.29 is 9.53 Å². The van der Waals surface area contributed by atoms with Crippen molar-refractivity contribution in [2.45, 2.75) is 6.92 Å². The van der Waals surface area contributed by atoms with Gasteiger partial charge in [0.15, 0.2) is 0 Å². The third kappa shape index (κ3) is 3.40. The number of para-hydroxylation sites is 2. The van der Waals surface area contributed by atoms with E-state index in [0.29, 0.717) is 18.7 Å². The van der Waals surface area contributed by atoms with Crippen LogP contribution in [0.2, 0.25) is 0 Å². The lowest BCUT2D eigenvalue weighted by atomic mass is 10.1. The number of amides is 1. The Labute approximate surface area is 163 Å². The highest BCUT2D eigenvalue weighted by molar-refractivity contribution is 5.95. The van der Waals surface area contributed by atoms with Crippen LogP contribution in [0.25, 0.3) is 5.69 Å². The lowest BCUT2D eigenvalue weighted by Crippen LogP contribution is -2.48. The average Bonchev–Trinajstić information content (AvgIpc) is 3.28. The largest absolute Gasteiger partial charge is 0.495 e. The zero-order chi connectivity index (χ0) is 19.5. The lowest BCUT2D eigenvalue weighted by molar-refractivity contribution is 0.0746. The first-order valence-corrected chi connectivity index (χ1v) is 9.18.